The van der Waals surface area contributed by atoms with Crippen molar-refractivity contribution >= 4 is 23.3 Å². The zero-order chi connectivity index (χ0) is 15.2. The van der Waals surface area contributed by atoms with E-state index in [0.29, 0.717) is 0 Å². The quantitative estimate of drug-likeness (QED) is 0.605. The molecule has 0 radical (unpaired) electrons. The molecule has 0 aliphatic carbocycles. The van der Waals surface area contributed by atoms with Crippen LogP contribution in [0, 0.1) is 11.7 Å². The van der Waals surface area contributed by atoms with Crippen molar-refractivity contribution in [3.05, 3.63) is 58.4 Å². The lowest BCUT2D eigenvalue weighted by atomic mass is 9.85. The van der Waals surface area contributed by atoms with Gasteiger partial charge in [0.05, 0.1) is 16.7 Å². The van der Waals surface area contributed by atoms with Gasteiger partial charge in [0.25, 0.3) is 0 Å². The minimum Gasteiger partial charge on any atom is -0.330 e. The van der Waals surface area contributed by atoms with Crippen molar-refractivity contribution in [2.75, 3.05) is 0 Å². The molecule has 1 heterocycles. The first-order valence-corrected chi connectivity index (χ1v) is 7.60. The lowest BCUT2D eigenvalue weighted by molar-refractivity contribution is 0.586. The van der Waals surface area contributed by atoms with Gasteiger partial charge in [0.2, 0.25) is 0 Å². The van der Waals surface area contributed by atoms with Crippen molar-refractivity contribution in [2.45, 2.75) is 33.1 Å². The second kappa shape index (κ2) is 4.85. The fourth-order valence-corrected chi connectivity index (χ4v) is 3.07. The minimum atomic E-state index is 0.0691. The lowest BCUT2D eigenvalue weighted by Gasteiger charge is -2.23. The molecule has 21 heavy (non-hydrogen) atoms. The number of hydrogen-bond acceptors (Lipinski definition) is 1. The van der Waals surface area contributed by atoms with Crippen LogP contribution in [0.1, 0.15) is 31.9 Å². The Morgan fingerprint density at radius 1 is 1.05 bits per heavy atom. The number of nitrogens with zero attached hydrogens (tertiary/aromatic N) is 1. The molecule has 1 N–H and O–H groups in total. The average Bonchev–Trinajstić information content (AvgIpc) is 2.72. The largest absolute Gasteiger partial charge is 0.330 e. The van der Waals surface area contributed by atoms with E-state index in [4.69, 9.17) is 12.2 Å². The Morgan fingerprint density at radius 2 is 1.76 bits per heavy atom. The first-order chi connectivity index (χ1) is 9.88. The van der Waals surface area contributed by atoms with Gasteiger partial charge in [-0.3, -0.25) is 4.57 Å². The van der Waals surface area contributed by atoms with Crippen molar-refractivity contribution in [1.82, 2.24) is 9.55 Å². The van der Waals surface area contributed by atoms with E-state index in [9.17, 15) is 0 Å². The van der Waals surface area contributed by atoms with E-state index in [1.54, 1.807) is 0 Å². The normalized spacial score (nSPS) is 12.0. The van der Waals surface area contributed by atoms with Crippen molar-refractivity contribution in [3.8, 4) is 5.69 Å². The Balaban J connectivity index is 2.37. The summed E-state index contributed by atoms with van der Waals surface area (Å²) in [5, 5.41) is 0. The summed E-state index contributed by atoms with van der Waals surface area (Å²) in [6.45, 7) is 8.79. The van der Waals surface area contributed by atoms with Crippen LogP contribution in [0.15, 0.2) is 42.5 Å². The minimum absolute atomic E-state index is 0.0691. The number of para-hydroxylation sites is 1. The zero-order valence-electron chi connectivity index (χ0n) is 12.9. The van der Waals surface area contributed by atoms with E-state index in [2.05, 4.69) is 79.7 Å². The van der Waals surface area contributed by atoms with Crippen LogP contribution in [0.5, 0.6) is 0 Å². The summed E-state index contributed by atoms with van der Waals surface area (Å²) < 4.78 is 2.89. The highest BCUT2D eigenvalue weighted by Gasteiger charge is 2.19. The third-order valence-electron chi connectivity index (χ3n) is 3.79. The summed E-state index contributed by atoms with van der Waals surface area (Å²) in [5.74, 6) is 0. The smallest absolute Gasteiger partial charge is 0.182 e. The maximum absolute atomic E-state index is 5.57. The lowest BCUT2D eigenvalue weighted by Crippen LogP contribution is -2.15. The van der Waals surface area contributed by atoms with Crippen LogP contribution in [0.3, 0.4) is 0 Å². The first-order valence-electron chi connectivity index (χ1n) is 7.19. The molecule has 0 atom stereocenters. The number of hydrogen-bond donors (Lipinski definition) is 1. The van der Waals surface area contributed by atoms with E-state index in [0.717, 1.165) is 21.5 Å². The van der Waals surface area contributed by atoms with Crippen LogP contribution in [0.4, 0.5) is 0 Å². The highest BCUT2D eigenvalue weighted by atomic mass is 32.1. The maximum Gasteiger partial charge on any atom is 0.182 e. The van der Waals surface area contributed by atoms with E-state index < -0.39 is 0 Å². The first kappa shape index (κ1) is 14.1. The number of benzene rings is 2. The molecule has 0 saturated heterocycles. The Bertz CT molecular complexity index is 863. The Labute approximate surface area is 130 Å². The zero-order valence-corrected chi connectivity index (χ0v) is 13.7. The molecule has 0 amide bonds. The Kier molecular flexibility index (Phi) is 3.25. The van der Waals surface area contributed by atoms with Gasteiger partial charge in [0.1, 0.15) is 0 Å². The summed E-state index contributed by atoms with van der Waals surface area (Å²) in [5.41, 5.74) is 5.97. The molecule has 0 spiro atoms. The van der Waals surface area contributed by atoms with Crippen molar-refractivity contribution in [3.63, 3.8) is 0 Å². The van der Waals surface area contributed by atoms with Gasteiger partial charge in [-0.05, 0) is 53.9 Å². The van der Waals surface area contributed by atoms with Gasteiger partial charge in [-0.1, -0.05) is 45.0 Å². The van der Waals surface area contributed by atoms with E-state index in [-0.39, 0.29) is 5.41 Å². The predicted octanol–water partition coefficient (Wildman–Crippen LogP) is 5.29. The van der Waals surface area contributed by atoms with Crippen molar-refractivity contribution in [1.29, 1.82) is 0 Å². The summed E-state index contributed by atoms with van der Waals surface area (Å²) in [4.78, 5) is 3.32. The molecule has 0 saturated carbocycles. The molecule has 0 aliphatic heterocycles. The van der Waals surface area contributed by atoms with E-state index in [1.807, 2.05) is 0 Å². The second-order valence-corrected chi connectivity index (χ2v) is 6.94. The molecule has 3 aromatic rings. The molecule has 1 aromatic heterocycles. The second-order valence-electron chi connectivity index (χ2n) is 6.55. The van der Waals surface area contributed by atoms with Crippen LogP contribution in [-0.4, -0.2) is 9.55 Å². The Morgan fingerprint density at radius 3 is 2.48 bits per heavy atom. The molecule has 3 heteroatoms. The van der Waals surface area contributed by atoms with Crippen molar-refractivity contribution < 1.29 is 0 Å². The molecule has 0 aliphatic rings. The van der Waals surface area contributed by atoms with Gasteiger partial charge in [0.15, 0.2) is 4.77 Å². The van der Waals surface area contributed by atoms with Gasteiger partial charge >= 0.3 is 0 Å². The fraction of sp³-hybridized carbons (Fsp3) is 0.278. The molecule has 108 valence electrons. The molecule has 2 nitrogen and oxygen atoms in total. The summed E-state index contributed by atoms with van der Waals surface area (Å²) in [6, 6.07) is 14.9. The third-order valence-corrected chi connectivity index (χ3v) is 4.08. The molecule has 0 unspecified atom stereocenters. The maximum atomic E-state index is 5.57. The fourth-order valence-electron chi connectivity index (χ4n) is 2.77. The van der Waals surface area contributed by atoms with Gasteiger partial charge in [0, 0.05) is 0 Å². The van der Waals surface area contributed by atoms with Gasteiger partial charge in [-0.15, -0.1) is 0 Å². The number of H-pyrrole nitrogens is 1. The number of imidazole rings is 1. The van der Waals surface area contributed by atoms with Gasteiger partial charge in [-0.25, -0.2) is 0 Å². The monoisotopic (exact) mass is 296 g/mol. The summed E-state index contributed by atoms with van der Waals surface area (Å²) in [7, 11) is 0. The summed E-state index contributed by atoms with van der Waals surface area (Å²) >= 11 is 5.57. The number of nitrogens with one attached hydrogen (secondary N) is 1. The van der Waals surface area contributed by atoms with Crippen molar-refractivity contribution in [2.24, 2.45) is 0 Å². The highest BCUT2D eigenvalue weighted by molar-refractivity contribution is 7.71. The molecular weight excluding hydrogens is 276 g/mol. The van der Waals surface area contributed by atoms with Crippen LogP contribution in [0.2, 0.25) is 0 Å². The van der Waals surface area contributed by atoms with E-state index in [1.165, 1.54) is 11.1 Å². The predicted molar refractivity (Wildman–Crippen MR) is 91.9 cm³/mol. The topological polar surface area (TPSA) is 20.7 Å². The molecule has 0 fully saturated rings. The molecule has 0 bridgehead atoms. The third kappa shape index (κ3) is 2.42. The Hall–Kier alpha value is -1.87. The number of aromatic amines is 1. The SMILES string of the molecule is Cc1ccc2c(c1)[nH]c(=S)n2-c1ccccc1C(C)(C)C. The standard InChI is InChI=1S/C18H20N2S/c1-12-9-10-16-14(11-12)19-17(21)20(16)15-8-6-5-7-13(15)18(2,3)4/h5-11H,1-4H3,(H,19,21). The molecular formula is C18H20N2S. The number of aromatic nitrogens is 2. The van der Waals surface area contributed by atoms with Crippen LogP contribution in [0.25, 0.3) is 16.7 Å². The van der Waals surface area contributed by atoms with Crippen LogP contribution >= 0.6 is 12.2 Å². The average molecular weight is 296 g/mol. The summed E-state index contributed by atoms with van der Waals surface area (Å²) in [6.07, 6.45) is 0. The van der Waals surface area contributed by atoms with Crippen LogP contribution < -0.4 is 0 Å². The van der Waals surface area contributed by atoms with Gasteiger partial charge < -0.3 is 4.98 Å². The number of rotatable bonds is 1. The molecule has 3 rings (SSSR count). The number of fused-ring (bicyclic) bond motifs is 1. The molecule has 2 aromatic carbocycles. The van der Waals surface area contributed by atoms with Crippen LogP contribution in [-0.2, 0) is 5.41 Å². The van der Waals surface area contributed by atoms with Gasteiger partial charge in [-0.2, -0.15) is 0 Å². The van der Waals surface area contributed by atoms with E-state index >= 15 is 0 Å². The highest BCUT2D eigenvalue weighted by Crippen LogP contribution is 2.30. The number of aryl methyl sites for hydroxylation is 1.